The molecule has 0 aliphatic rings. The van der Waals surface area contributed by atoms with Gasteiger partial charge in [0.1, 0.15) is 0 Å². The van der Waals surface area contributed by atoms with Crippen LogP contribution in [-0.4, -0.2) is 6.67 Å². The molecule has 0 amide bonds. The number of hydrogen-bond acceptors (Lipinski definition) is 2. The summed E-state index contributed by atoms with van der Waals surface area (Å²) in [7, 11) is 0. The fraction of sp³-hybridized carbons (Fsp3) is 0.0769. The zero-order chi connectivity index (χ0) is 13.8. The minimum atomic E-state index is 0.493. The summed E-state index contributed by atoms with van der Waals surface area (Å²) in [5, 5.41) is 8.63. The van der Waals surface area contributed by atoms with Gasteiger partial charge in [-0.3, -0.25) is 0 Å². The van der Waals surface area contributed by atoms with Gasteiger partial charge in [-0.2, -0.15) is 0 Å². The highest BCUT2D eigenvalue weighted by Gasteiger charge is 1.99. The molecule has 0 aliphatic heterocycles. The van der Waals surface area contributed by atoms with Crippen molar-refractivity contribution in [3.8, 4) is 0 Å². The summed E-state index contributed by atoms with van der Waals surface area (Å²) >= 11 is 23.6. The third-order valence-electron chi connectivity index (χ3n) is 2.31. The second kappa shape index (κ2) is 6.58. The zero-order valence-corrected chi connectivity index (χ0v) is 12.7. The molecule has 0 heterocycles. The maximum absolute atomic E-state index is 5.91. The van der Waals surface area contributed by atoms with Gasteiger partial charge in [-0.15, -0.1) is 0 Å². The van der Waals surface area contributed by atoms with Crippen LogP contribution < -0.4 is 10.6 Å². The highest BCUT2D eigenvalue weighted by atomic mass is 35.5. The van der Waals surface area contributed by atoms with E-state index in [0.29, 0.717) is 26.8 Å². The van der Waals surface area contributed by atoms with Crippen LogP contribution in [0.4, 0.5) is 11.4 Å². The van der Waals surface area contributed by atoms with Crippen LogP contribution in [0.15, 0.2) is 36.4 Å². The smallest absolute Gasteiger partial charge is 0.0849 e. The van der Waals surface area contributed by atoms with Gasteiger partial charge in [-0.05, 0) is 36.4 Å². The average Bonchev–Trinajstić information content (AvgIpc) is 2.26. The van der Waals surface area contributed by atoms with E-state index in [1.54, 1.807) is 36.4 Å². The molecule has 2 nitrogen and oxygen atoms in total. The Morgan fingerprint density at radius 2 is 0.895 bits per heavy atom. The van der Waals surface area contributed by atoms with Crippen LogP contribution >= 0.6 is 46.4 Å². The lowest BCUT2D eigenvalue weighted by Crippen LogP contribution is -2.11. The number of hydrogen-bond donors (Lipinski definition) is 2. The molecule has 100 valence electrons. The molecular weight excluding hydrogens is 326 g/mol. The lowest BCUT2D eigenvalue weighted by Gasteiger charge is -2.10. The van der Waals surface area contributed by atoms with Gasteiger partial charge in [0.05, 0.1) is 6.67 Å². The van der Waals surface area contributed by atoms with Crippen LogP contribution in [0.25, 0.3) is 0 Å². The van der Waals surface area contributed by atoms with E-state index in [1.165, 1.54) is 0 Å². The monoisotopic (exact) mass is 334 g/mol. The predicted octanol–water partition coefficient (Wildman–Crippen LogP) is 5.78. The fourth-order valence-electron chi connectivity index (χ4n) is 1.56. The molecule has 0 unspecified atom stereocenters. The molecular formula is C13H10Cl4N2. The molecule has 19 heavy (non-hydrogen) atoms. The van der Waals surface area contributed by atoms with E-state index in [9.17, 15) is 0 Å². The second-order valence-electron chi connectivity index (χ2n) is 3.85. The highest BCUT2D eigenvalue weighted by Crippen LogP contribution is 2.24. The Morgan fingerprint density at radius 3 is 1.21 bits per heavy atom. The Hall–Kier alpha value is -0.800. The average molecular weight is 336 g/mol. The molecule has 6 heteroatoms. The third-order valence-corrected chi connectivity index (χ3v) is 3.18. The normalized spacial score (nSPS) is 10.3. The van der Waals surface area contributed by atoms with E-state index in [0.717, 1.165) is 11.4 Å². The van der Waals surface area contributed by atoms with Crippen LogP contribution in [0.3, 0.4) is 0 Å². The summed E-state index contributed by atoms with van der Waals surface area (Å²) in [5.41, 5.74) is 1.66. The maximum Gasteiger partial charge on any atom is 0.0849 e. The molecule has 2 rings (SSSR count). The van der Waals surface area contributed by atoms with Crippen molar-refractivity contribution in [1.29, 1.82) is 0 Å². The first-order valence-electron chi connectivity index (χ1n) is 5.43. The molecule has 2 N–H and O–H groups in total. The van der Waals surface area contributed by atoms with E-state index in [2.05, 4.69) is 10.6 Å². The molecule has 0 aromatic heterocycles. The zero-order valence-electron chi connectivity index (χ0n) is 9.68. The third kappa shape index (κ3) is 4.66. The van der Waals surface area contributed by atoms with E-state index < -0.39 is 0 Å². The fourth-order valence-corrected chi connectivity index (χ4v) is 2.61. The number of nitrogens with one attached hydrogen (secondary N) is 2. The molecule has 0 aliphatic carbocycles. The standard InChI is InChI=1S/C13H10Cl4N2/c14-8-1-9(15)4-12(3-8)18-7-19-13-5-10(16)2-11(17)6-13/h1-6,18-19H,7H2. The summed E-state index contributed by atoms with van der Waals surface area (Å²) in [6.07, 6.45) is 0. The Kier molecular flexibility index (Phi) is 5.06. The van der Waals surface area contributed by atoms with Crippen LogP contribution in [-0.2, 0) is 0 Å². The topological polar surface area (TPSA) is 24.1 Å². The number of benzene rings is 2. The Balaban J connectivity index is 1.96. The summed E-state index contributed by atoms with van der Waals surface area (Å²) in [6.45, 7) is 0.493. The van der Waals surface area contributed by atoms with Crippen molar-refractivity contribution in [1.82, 2.24) is 0 Å². The van der Waals surface area contributed by atoms with E-state index in [-0.39, 0.29) is 0 Å². The summed E-state index contributed by atoms with van der Waals surface area (Å²) in [4.78, 5) is 0. The summed E-state index contributed by atoms with van der Waals surface area (Å²) in [6, 6.07) is 10.5. The molecule has 0 saturated heterocycles. The van der Waals surface area contributed by atoms with Crippen molar-refractivity contribution >= 4 is 57.8 Å². The number of rotatable bonds is 4. The van der Waals surface area contributed by atoms with E-state index >= 15 is 0 Å². The van der Waals surface area contributed by atoms with Crippen molar-refractivity contribution < 1.29 is 0 Å². The molecule has 0 atom stereocenters. The first-order chi connectivity index (χ1) is 9.02. The largest absolute Gasteiger partial charge is 0.368 e. The van der Waals surface area contributed by atoms with Gasteiger partial charge in [0.25, 0.3) is 0 Å². The van der Waals surface area contributed by atoms with Gasteiger partial charge >= 0.3 is 0 Å². The van der Waals surface area contributed by atoms with Gasteiger partial charge in [0, 0.05) is 31.5 Å². The van der Waals surface area contributed by atoms with Crippen molar-refractivity contribution in [2.75, 3.05) is 17.3 Å². The Morgan fingerprint density at radius 1 is 0.579 bits per heavy atom. The first kappa shape index (κ1) is 14.6. The minimum absolute atomic E-state index is 0.493. The number of anilines is 2. The van der Waals surface area contributed by atoms with Gasteiger partial charge < -0.3 is 10.6 Å². The molecule has 0 saturated carbocycles. The van der Waals surface area contributed by atoms with Gasteiger partial charge in [-0.1, -0.05) is 46.4 Å². The molecule has 0 radical (unpaired) electrons. The van der Waals surface area contributed by atoms with Crippen LogP contribution in [0.2, 0.25) is 20.1 Å². The van der Waals surface area contributed by atoms with Crippen molar-refractivity contribution in [2.45, 2.75) is 0 Å². The first-order valence-corrected chi connectivity index (χ1v) is 6.94. The minimum Gasteiger partial charge on any atom is -0.368 e. The van der Waals surface area contributed by atoms with Crippen LogP contribution in [0.1, 0.15) is 0 Å². The molecule has 2 aromatic carbocycles. The van der Waals surface area contributed by atoms with Crippen molar-refractivity contribution in [3.05, 3.63) is 56.5 Å². The molecule has 0 spiro atoms. The lowest BCUT2D eigenvalue weighted by atomic mass is 10.3. The van der Waals surface area contributed by atoms with Gasteiger partial charge in [0.15, 0.2) is 0 Å². The Labute approximate surface area is 131 Å². The predicted molar refractivity (Wildman–Crippen MR) is 85.0 cm³/mol. The Bertz CT molecular complexity index is 495. The SMILES string of the molecule is Clc1cc(Cl)cc(NCNc2cc(Cl)cc(Cl)c2)c1. The van der Waals surface area contributed by atoms with Crippen molar-refractivity contribution in [3.63, 3.8) is 0 Å². The lowest BCUT2D eigenvalue weighted by molar-refractivity contribution is 1.22. The molecule has 2 aromatic rings. The van der Waals surface area contributed by atoms with Crippen LogP contribution in [0.5, 0.6) is 0 Å². The molecule has 0 fully saturated rings. The van der Waals surface area contributed by atoms with Gasteiger partial charge in [-0.25, -0.2) is 0 Å². The van der Waals surface area contributed by atoms with Crippen LogP contribution in [0, 0.1) is 0 Å². The summed E-state index contributed by atoms with van der Waals surface area (Å²) in [5.74, 6) is 0. The molecule has 0 bridgehead atoms. The highest BCUT2D eigenvalue weighted by molar-refractivity contribution is 6.35. The number of halogens is 4. The van der Waals surface area contributed by atoms with E-state index in [4.69, 9.17) is 46.4 Å². The van der Waals surface area contributed by atoms with Gasteiger partial charge in [0.2, 0.25) is 0 Å². The quantitative estimate of drug-likeness (QED) is 0.692. The van der Waals surface area contributed by atoms with Crippen molar-refractivity contribution in [2.24, 2.45) is 0 Å². The maximum atomic E-state index is 5.91. The van der Waals surface area contributed by atoms with E-state index in [1.807, 2.05) is 0 Å². The second-order valence-corrected chi connectivity index (χ2v) is 5.59. The summed E-state index contributed by atoms with van der Waals surface area (Å²) < 4.78 is 0.